The Kier molecular flexibility index (Phi) is 1.71. The van der Waals surface area contributed by atoms with Gasteiger partial charge in [0.15, 0.2) is 0 Å². The first-order valence-electron chi connectivity index (χ1n) is 5.44. The average Bonchev–Trinajstić information content (AvgIpc) is 2.57. The van der Waals surface area contributed by atoms with Crippen molar-refractivity contribution in [1.82, 2.24) is 9.55 Å². The summed E-state index contributed by atoms with van der Waals surface area (Å²) in [7, 11) is 1.95. The van der Waals surface area contributed by atoms with Gasteiger partial charge in [-0.05, 0) is 30.6 Å². The highest BCUT2D eigenvalue weighted by Crippen LogP contribution is 2.61. The highest BCUT2D eigenvalue weighted by Gasteiger charge is 2.56. The summed E-state index contributed by atoms with van der Waals surface area (Å²) in [4.78, 5) is 4.22. The van der Waals surface area contributed by atoms with Gasteiger partial charge in [-0.15, -0.1) is 0 Å². The van der Waals surface area contributed by atoms with Crippen molar-refractivity contribution in [3.05, 3.63) is 18.2 Å². The Morgan fingerprint density at radius 1 is 1.50 bits per heavy atom. The molecule has 0 saturated heterocycles. The van der Waals surface area contributed by atoms with Gasteiger partial charge in [-0.1, -0.05) is 6.42 Å². The highest BCUT2D eigenvalue weighted by atomic mass is 16.3. The molecule has 3 rings (SSSR count). The SMILES string of the molecule is Cn1ccnc1C(O)C1C2CCCC21. The van der Waals surface area contributed by atoms with Crippen molar-refractivity contribution in [2.75, 3.05) is 0 Å². The third-order valence-electron chi connectivity index (χ3n) is 3.96. The number of hydrogen-bond donors (Lipinski definition) is 1. The smallest absolute Gasteiger partial charge is 0.137 e. The first-order chi connectivity index (χ1) is 6.79. The van der Waals surface area contributed by atoms with Crippen molar-refractivity contribution in [1.29, 1.82) is 0 Å². The van der Waals surface area contributed by atoms with Gasteiger partial charge in [0.2, 0.25) is 0 Å². The molecule has 0 bridgehead atoms. The molecule has 3 unspecified atom stereocenters. The molecule has 14 heavy (non-hydrogen) atoms. The first kappa shape index (κ1) is 8.48. The summed E-state index contributed by atoms with van der Waals surface area (Å²) in [5.74, 6) is 2.93. The number of imidazole rings is 1. The molecule has 0 amide bonds. The maximum absolute atomic E-state index is 10.2. The lowest BCUT2D eigenvalue weighted by atomic mass is 10.1. The number of fused-ring (bicyclic) bond motifs is 1. The minimum absolute atomic E-state index is 0.328. The molecule has 0 aliphatic heterocycles. The predicted octanol–water partition coefficient (Wildman–Crippen LogP) is 1.50. The van der Waals surface area contributed by atoms with Crippen LogP contribution in [0.4, 0.5) is 0 Å². The second-order valence-electron chi connectivity index (χ2n) is 4.68. The summed E-state index contributed by atoms with van der Waals surface area (Å²) < 4.78 is 1.93. The fourth-order valence-corrected chi connectivity index (χ4v) is 3.18. The van der Waals surface area contributed by atoms with Gasteiger partial charge >= 0.3 is 0 Å². The van der Waals surface area contributed by atoms with Gasteiger partial charge in [0, 0.05) is 19.4 Å². The van der Waals surface area contributed by atoms with E-state index in [1.54, 1.807) is 6.20 Å². The molecule has 2 aliphatic carbocycles. The summed E-state index contributed by atoms with van der Waals surface area (Å²) >= 11 is 0. The normalized spacial score (nSPS) is 36.9. The second-order valence-corrected chi connectivity index (χ2v) is 4.68. The number of aliphatic hydroxyl groups is 1. The summed E-state index contributed by atoms with van der Waals surface area (Å²) in [5.41, 5.74) is 0. The average molecular weight is 192 g/mol. The molecule has 1 aromatic heterocycles. The van der Waals surface area contributed by atoms with E-state index in [4.69, 9.17) is 0 Å². The highest BCUT2D eigenvalue weighted by molar-refractivity contribution is 5.10. The van der Waals surface area contributed by atoms with Crippen LogP contribution < -0.4 is 0 Å². The van der Waals surface area contributed by atoms with Crippen LogP contribution >= 0.6 is 0 Å². The summed E-state index contributed by atoms with van der Waals surface area (Å²) in [6, 6.07) is 0. The van der Waals surface area contributed by atoms with E-state index >= 15 is 0 Å². The lowest BCUT2D eigenvalue weighted by Gasteiger charge is -2.12. The number of aryl methyl sites for hydroxylation is 1. The van der Waals surface area contributed by atoms with E-state index in [9.17, 15) is 5.11 Å². The van der Waals surface area contributed by atoms with Crippen molar-refractivity contribution in [3.8, 4) is 0 Å². The monoisotopic (exact) mass is 192 g/mol. The molecule has 2 aliphatic rings. The van der Waals surface area contributed by atoms with Gasteiger partial charge in [0.25, 0.3) is 0 Å². The third-order valence-corrected chi connectivity index (χ3v) is 3.96. The summed E-state index contributed by atoms with van der Waals surface area (Å²) in [6.07, 6.45) is 7.32. The van der Waals surface area contributed by atoms with Crippen molar-refractivity contribution < 1.29 is 5.11 Å². The lowest BCUT2D eigenvalue weighted by molar-refractivity contribution is 0.125. The number of aromatic nitrogens is 2. The van der Waals surface area contributed by atoms with E-state index in [1.807, 2.05) is 17.8 Å². The Labute approximate surface area is 83.8 Å². The molecule has 0 spiro atoms. The zero-order valence-electron chi connectivity index (χ0n) is 8.43. The molecule has 0 radical (unpaired) electrons. The van der Waals surface area contributed by atoms with Crippen molar-refractivity contribution >= 4 is 0 Å². The Balaban J connectivity index is 1.78. The van der Waals surface area contributed by atoms with Crippen molar-refractivity contribution in [3.63, 3.8) is 0 Å². The Bertz CT molecular complexity index is 337. The van der Waals surface area contributed by atoms with Crippen LogP contribution in [0.2, 0.25) is 0 Å². The number of nitrogens with zero attached hydrogens (tertiary/aromatic N) is 2. The van der Waals surface area contributed by atoms with Gasteiger partial charge in [0.1, 0.15) is 11.9 Å². The third kappa shape index (κ3) is 1.05. The molecular formula is C11H16N2O. The number of aliphatic hydroxyl groups excluding tert-OH is 1. The molecule has 1 aromatic rings. The minimum Gasteiger partial charge on any atom is -0.385 e. The molecule has 76 valence electrons. The maximum Gasteiger partial charge on any atom is 0.137 e. The van der Waals surface area contributed by atoms with Crippen LogP contribution in [0, 0.1) is 17.8 Å². The van der Waals surface area contributed by atoms with Gasteiger partial charge in [-0.25, -0.2) is 4.98 Å². The predicted molar refractivity (Wildman–Crippen MR) is 52.5 cm³/mol. The molecule has 0 aromatic carbocycles. The van der Waals surface area contributed by atoms with Gasteiger partial charge in [-0.3, -0.25) is 0 Å². The van der Waals surface area contributed by atoms with E-state index in [1.165, 1.54) is 19.3 Å². The van der Waals surface area contributed by atoms with Crippen LogP contribution in [0.1, 0.15) is 31.2 Å². The molecule has 3 nitrogen and oxygen atoms in total. The summed E-state index contributed by atoms with van der Waals surface area (Å²) in [6.45, 7) is 0. The fraction of sp³-hybridized carbons (Fsp3) is 0.727. The number of hydrogen-bond acceptors (Lipinski definition) is 2. The van der Waals surface area contributed by atoms with Gasteiger partial charge < -0.3 is 9.67 Å². The van der Waals surface area contributed by atoms with Crippen LogP contribution in [-0.2, 0) is 7.05 Å². The molecule has 2 saturated carbocycles. The zero-order chi connectivity index (χ0) is 9.71. The Morgan fingerprint density at radius 2 is 2.21 bits per heavy atom. The number of rotatable bonds is 2. The van der Waals surface area contributed by atoms with Crippen LogP contribution in [-0.4, -0.2) is 14.7 Å². The van der Waals surface area contributed by atoms with Crippen LogP contribution in [0.15, 0.2) is 12.4 Å². The minimum atomic E-state index is -0.328. The topological polar surface area (TPSA) is 38.0 Å². The lowest BCUT2D eigenvalue weighted by Crippen LogP contribution is -2.10. The molecular weight excluding hydrogens is 176 g/mol. The van der Waals surface area contributed by atoms with E-state index in [2.05, 4.69) is 4.98 Å². The van der Waals surface area contributed by atoms with E-state index in [0.29, 0.717) is 5.92 Å². The zero-order valence-corrected chi connectivity index (χ0v) is 8.43. The summed E-state index contributed by atoms with van der Waals surface area (Å²) in [5, 5.41) is 10.2. The largest absolute Gasteiger partial charge is 0.385 e. The van der Waals surface area contributed by atoms with E-state index in [0.717, 1.165) is 17.7 Å². The van der Waals surface area contributed by atoms with Crippen LogP contribution in [0.3, 0.4) is 0 Å². The van der Waals surface area contributed by atoms with Crippen LogP contribution in [0.25, 0.3) is 0 Å². The van der Waals surface area contributed by atoms with Gasteiger partial charge in [-0.2, -0.15) is 0 Å². The second kappa shape index (κ2) is 2.83. The maximum atomic E-state index is 10.2. The van der Waals surface area contributed by atoms with Crippen LogP contribution in [0.5, 0.6) is 0 Å². The van der Waals surface area contributed by atoms with Gasteiger partial charge in [0.05, 0.1) is 0 Å². The van der Waals surface area contributed by atoms with E-state index in [-0.39, 0.29) is 6.10 Å². The van der Waals surface area contributed by atoms with Crippen molar-refractivity contribution in [2.24, 2.45) is 24.8 Å². The molecule has 3 heteroatoms. The fourth-order valence-electron chi connectivity index (χ4n) is 3.18. The molecule has 1 heterocycles. The van der Waals surface area contributed by atoms with Crippen molar-refractivity contribution in [2.45, 2.75) is 25.4 Å². The quantitative estimate of drug-likeness (QED) is 0.771. The Hall–Kier alpha value is -0.830. The molecule has 2 fully saturated rings. The molecule has 1 N–H and O–H groups in total. The standard InChI is InChI=1S/C11H16N2O/c1-13-6-5-12-11(13)10(14)9-7-3-2-4-8(7)9/h5-10,14H,2-4H2,1H3. The Morgan fingerprint density at radius 3 is 2.79 bits per heavy atom. The molecule has 3 atom stereocenters. The van der Waals surface area contributed by atoms with E-state index < -0.39 is 0 Å². The first-order valence-corrected chi connectivity index (χ1v) is 5.44.